The van der Waals surface area contributed by atoms with E-state index in [1.165, 1.54) is 38.8 Å². The van der Waals surface area contributed by atoms with Gasteiger partial charge in [-0.05, 0) is 37.5 Å². The minimum Gasteiger partial charge on any atom is -0.396 e. The molecule has 1 saturated carbocycles. The highest BCUT2D eigenvalue weighted by Crippen LogP contribution is 2.30. The molecule has 2 aliphatic rings. The van der Waals surface area contributed by atoms with Crippen LogP contribution in [0.2, 0.25) is 0 Å². The average molecular weight is 183 g/mol. The van der Waals surface area contributed by atoms with E-state index >= 15 is 0 Å². The third-order valence-corrected chi connectivity index (χ3v) is 3.68. The first kappa shape index (κ1) is 9.47. The molecule has 13 heavy (non-hydrogen) atoms. The molecule has 1 aliphatic heterocycles. The molecule has 1 saturated heterocycles. The smallest absolute Gasteiger partial charge is 0.0459 e. The fourth-order valence-corrected chi connectivity index (χ4v) is 2.74. The second-order valence-corrected chi connectivity index (χ2v) is 4.92. The minimum atomic E-state index is 0.406. The first-order valence-electron chi connectivity index (χ1n) is 5.64. The quantitative estimate of drug-likeness (QED) is 0.701. The predicted octanol–water partition coefficient (Wildman–Crippen LogP) is 1.49. The molecule has 2 nitrogen and oxygen atoms in total. The lowest BCUT2D eigenvalue weighted by Gasteiger charge is -2.45. The second-order valence-electron chi connectivity index (χ2n) is 4.92. The molecule has 1 N–H and O–H groups in total. The third kappa shape index (κ3) is 2.05. The van der Waals surface area contributed by atoms with Crippen molar-refractivity contribution in [3.8, 4) is 0 Å². The molecule has 0 unspecified atom stereocenters. The van der Waals surface area contributed by atoms with Crippen LogP contribution in [0.4, 0.5) is 0 Å². The normalized spacial score (nSPS) is 37.4. The van der Waals surface area contributed by atoms with Gasteiger partial charge in [-0.25, -0.2) is 0 Å². The monoisotopic (exact) mass is 183 g/mol. The number of hydrogen-bond donors (Lipinski definition) is 1. The Morgan fingerprint density at radius 1 is 1.15 bits per heavy atom. The molecule has 0 atom stereocenters. The Morgan fingerprint density at radius 3 is 2.23 bits per heavy atom. The van der Waals surface area contributed by atoms with E-state index in [-0.39, 0.29) is 0 Å². The fraction of sp³-hybridized carbons (Fsp3) is 1.00. The molecule has 0 spiro atoms. The molecule has 76 valence electrons. The molecule has 2 rings (SSSR count). The van der Waals surface area contributed by atoms with Crippen molar-refractivity contribution in [3.05, 3.63) is 0 Å². The van der Waals surface area contributed by atoms with Crippen LogP contribution in [0, 0.1) is 11.8 Å². The first-order valence-corrected chi connectivity index (χ1v) is 5.64. The lowest BCUT2D eigenvalue weighted by atomic mass is 9.84. The van der Waals surface area contributed by atoms with Crippen molar-refractivity contribution >= 4 is 0 Å². The van der Waals surface area contributed by atoms with Crippen LogP contribution in [0.15, 0.2) is 0 Å². The van der Waals surface area contributed by atoms with Gasteiger partial charge < -0.3 is 5.11 Å². The number of aliphatic hydroxyl groups excluding tert-OH is 1. The molecule has 2 fully saturated rings. The van der Waals surface area contributed by atoms with E-state index in [2.05, 4.69) is 11.8 Å². The van der Waals surface area contributed by atoms with Crippen molar-refractivity contribution in [2.75, 3.05) is 19.7 Å². The Bertz CT molecular complexity index is 157. The highest BCUT2D eigenvalue weighted by atomic mass is 16.3. The summed E-state index contributed by atoms with van der Waals surface area (Å²) >= 11 is 0. The van der Waals surface area contributed by atoms with Gasteiger partial charge in [-0.1, -0.05) is 6.92 Å². The van der Waals surface area contributed by atoms with Crippen molar-refractivity contribution in [2.24, 2.45) is 11.8 Å². The number of likely N-dealkylation sites (tertiary alicyclic amines) is 1. The molecule has 2 heteroatoms. The largest absolute Gasteiger partial charge is 0.396 e. The number of aliphatic hydroxyl groups is 1. The van der Waals surface area contributed by atoms with Gasteiger partial charge in [0.05, 0.1) is 0 Å². The Balaban J connectivity index is 1.72. The summed E-state index contributed by atoms with van der Waals surface area (Å²) in [7, 11) is 0. The summed E-state index contributed by atoms with van der Waals surface area (Å²) in [6, 6.07) is 0.846. The zero-order valence-corrected chi connectivity index (χ0v) is 8.58. The van der Waals surface area contributed by atoms with E-state index in [1.54, 1.807) is 0 Å². The second kappa shape index (κ2) is 3.97. The Kier molecular flexibility index (Phi) is 2.89. The molecular formula is C11H21NO. The maximum atomic E-state index is 9.02. The summed E-state index contributed by atoms with van der Waals surface area (Å²) in [5.74, 6) is 1.53. The van der Waals surface area contributed by atoms with Gasteiger partial charge in [0.15, 0.2) is 0 Å². The molecule has 1 aliphatic carbocycles. The number of rotatable bonds is 2. The average Bonchev–Trinajstić information content (AvgIpc) is 2.13. The maximum Gasteiger partial charge on any atom is 0.0459 e. The van der Waals surface area contributed by atoms with Gasteiger partial charge in [-0.3, -0.25) is 4.90 Å². The van der Waals surface area contributed by atoms with Crippen LogP contribution in [0.5, 0.6) is 0 Å². The molecule has 1 heterocycles. The van der Waals surface area contributed by atoms with Crippen LogP contribution >= 0.6 is 0 Å². The van der Waals surface area contributed by atoms with Crippen LogP contribution in [-0.2, 0) is 0 Å². The standard InChI is InChI=1S/C11H21NO/c1-9-6-12(7-9)11-4-2-10(8-13)3-5-11/h9-11,13H,2-8H2,1H3. The van der Waals surface area contributed by atoms with Crippen LogP contribution < -0.4 is 0 Å². The van der Waals surface area contributed by atoms with Crippen LogP contribution in [0.25, 0.3) is 0 Å². The fourth-order valence-electron chi connectivity index (χ4n) is 2.74. The number of hydrogen-bond acceptors (Lipinski definition) is 2. The van der Waals surface area contributed by atoms with Crippen molar-refractivity contribution < 1.29 is 5.11 Å². The van der Waals surface area contributed by atoms with Gasteiger partial charge in [0, 0.05) is 25.7 Å². The first-order chi connectivity index (χ1) is 6.29. The third-order valence-electron chi connectivity index (χ3n) is 3.68. The summed E-state index contributed by atoms with van der Waals surface area (Å²) in [6.07, 6.45) is 5.12. The Morgan fingerprint density at radius 2 is 1.77 bits per heavy atom. The van der Waals surface area contributed by atoms with Gasteiger partial charge in [0.2, 0.25) is 0 Å². The summed E-state index contributed by atoms with van der Waals surface area (Å²) in [5.41, 5.74) is 0. The van der Waals surface area contributed by atoms with Gasteiger partial charge in [-0.2, -0.15) is 0 Å². The Hall–Kier alpha value is -0.0800. The molecule has 0 aromatic rings. The van der Waals surface area contributed by atoms with Crippen molar-refractivity contribution in [1.82, 2.24) is 4.90 Å². The summed E-state index contributed by atoms with van der Waals surface area (Å²) < 4.78 is 0. The maximum absolute atomic E-state index is 9.02. The van der Waals surface area contributed by atoms with Crippen LogP contribution in [-0.4, -0.2) is 35.7 Å². The molecule has 0 bridgehead atoms. The van der Waals surface area contributed by atoms with E-state index in [0.717, 1.165) is 12.0 Å². The van der Waals surface area contributed by atoms with Crippen molar-refractivity contribution in [1.29, 1.82) is 0 Å². The minimum absolute atomic E-state index is 0.406. The highest BCUT2D eigenvalue weighted by Gasteiger charge is 2.31. The van der Waals surface area contributed by atoms with E-state index in [1.807, 2.05) is 0 Å². The SMILES string of the molecule is CC1CN(C2CCC(CO)CC2)C1. The molecule has 0 radical (unpaired) electrons. The van der Waals surface area contributed by atoms with Crippen molar-refractivity contribution in [2.45, 2.75) is 38.6 Å². The van der Waals surface area contributed by atoms with E-state index in [4.69, 9.17) is 5.11 Å². The molecule has 0 amide bonds. The molecule has 0 aromatic carbocycles. The van der Waals surface area contributed by atoms with E-state index < -0.39 is 0 Å². The molecular weight excluding hydrogens is 162 g/mol. The van der Waals surface area contributed by atoms with Crippen LogP contribution in [0.3, 0.4) is 0 Å². The summed E-state index contributed by atoms with van der Waals surface area (Å²) in [6.45, 7) is 5.36. The summed E-state index contributed by atoms with van der Waals surface area (Å²) in [5, 5.41) is 9.02. The lowest BCUT2D eigenvalue weighted by molar-refractivity contribution is 0.0296. The van der Waals surface area contributed by atoms with Gasteiger partial charge in [0.25, 0.3) is 0 Å². The van der Waals surface area contributed by atoms with Gasteiger partial charge >= 0.3 is 0 Å². The topological polar surface area (TPSA) is 23.5 Å². The van der Waals surface area contributed by atoms with Gasteiger partial charge in [-0.15, -0.1) is 0 Å². The molecule has 0 aromatic heterocycles. The Labute approximate surface area is 80.9 Å². The van der Waals surface area contributed by atoms with Gasteiger partial charge in [0.1, 0.15) is 0 Å². The predicted molar refractivity (Wildman–Crippen MR) is 53.6 cm³/mol. The lowest BCUT2D eigenvalue weighted by Crippen LogP contribution is -2.52. The highest BCUT2D eigenvalue weighted by molar-refractivity contribution is 4.86. The van der Waals surface area contributed by atoms with Crippen LogP contribution in [0.1, 0.15) is 32.6 Å². The van der Waals surface area contributed by atoms with Crippen molar-refractivity contribution in [3.63, 3.8) is 0 Å². The zero-order chi connectivity index (χ0) is 9.26. The van der Waals surface area contributed by atoms with E-state index in [9.17, 15) is 0 Å². The van der Waals surface area contributed by atoms with E-state index in [0.29, 0.717) is 12.5 Å². The zero-order valence-electron chi connectivity index (χ0n) is 8.58. The number of nitrogens with zero attached hydrogens (tertiary/aromatic N) is 1. The summed E-state index contributed by atoms with van der Waals surface area (Å²) in [4.78, 5) is 2.62.